The summed E-state index contributed by atoms with van der Waals surface area (Å²) in [6.07, 6.45) is 1.46. The summed E-state index contributed by atoms with van der Waals surface area (Å²) in [6, 6.07) is 6.95. The monoisotopic (exact) mass is 417 g/mol. The van der Waals surface area contributed by atoms with Crippen LogP contribution in [0.15, 0.2) is 30.5 Å². The Kier molecular flexibility index (Phi) is 7.23. The van der Waals surface area contributed by atoms with Gasteiger partial charge in [0, 0.05) is 17.3 Å². The van der Waals surface area contributed by atoms with Crippen molar-refractivity contribution in [2.45, 2.75) is 27.7 Å². The Morgan fingerprint density at radius 1 is 1.17 bits per heavy atom. The van der Waals surface area contributed by atoms with Crippen LogP contribution in [0.4, 0.5) is 11.4 Å². The van der Waals surface area contributed by atoms with Crippen LogP contribution in [0.1, 0.15) is 35.5 Å². The van der Waals surface area contributed by atoms with Gasteiger partial charge in [-0.15, -0.1) is 12.4 Å². The maximum absolute atomic E-state index is 12.5. The molecule has 0 unspecified atom stereocenters. The third-order valence-corrected chi connectivity index (χ3v) is 4.26. The lowest BCUT2D eigenvalue weighted by atomic mass is 10.1. The van der Waals surface area contributed by atoms with Gasteiger partial charge in [-0.2, -0.15) is 0 Å². The van der Waals surface area contributed by atoms with Crippen LogP contribution in [-0.2, 0) is 4.74 Å². The van der Waals surface area contributed by atoms with Gasteiger partial charge in [-0.05, 0) is 57.5 Å². The fourth-order valence-electron chi connectivity index (χ4n) is 2.87. The Bertz CT molecular complexity index is 1040. The summed E-state index contributed by atoms with van der Waals surface area (Å²) in [5.41, 5.74) is 3.47. The van der Waals surface area contributed by atoms with Gasteiger partial charge in [0.05, 0.1) is 24.6 Å². The smallest absolute Gasteiger partial charge is 0.341 e. The predicted octanol–water partition coefficient (Wildman–Crippen LogP) is 4.69. The SMILES string of the molecule is CCOC(=O)c1cnc2nc(C)c(OCC)cc2c1Nc1ccc(O)c(C)c1.Cl. The first-order chi connectivity index (χ1) is 13.4. The quantitative estimate of drug-likeness (QED) is 0.443. The molecule has 2 N–H and O–H groups in total. The first-order valence-electron chi connectivity index (χ1n) is 9.11. The van der Waals surface area contributed by atoms with E-state index in [9.17, 15) is 9.90 Å². The van der Waals surface area contributed by atoms with E-state index in [0.29, 0.717) is 45.9 Å². The number of rotatable bonds is 6. The van der Waals surface area contributed by atoms with Gasteiger partial charge in [0.25, 0.3) is 0 Å². The van der Waals surface area contributed by atoms with Crippen molar-refractivity contribution in [1.29, 1.82) is 0 Å². The molecule has 0 spiro atoms. The van der Waals surface area contributed by atoms with Crippen LogP contribution in [0.2, 0.25) is 0 Å². The highest BCUT2D eigenvalue weighted by Crippen LogP contribution is 2.33. The second kappa shape index (κ2) is 9.43. The Balaban J connectivity index is 0.00000300. The average Bonchev–Trinajstić information content (AvgIpc) is 2.66. The molecule has 0 radical (unpaired) electrons. The van der Waals surface area contributed by atoms with E-state index in [4.69, 9.17) is 9.47 Å². The van der Waals surface area contributed by atoms with Gasteiger partial charge < -0.3 is 19.9 Å². The number of esters is 1. The Morgan fingerprint density at radius 3 is 2.59 bits per heavy atom. The second-order valence-electron chi connectivity index (χ2n) is 6.27. The minimum atomic E-state index is -0.478. The first-order valence-corrected chi connectivity index (χ1v) is 9.11. The Hall–Kier alpha value is -3.06. The minimum absolute atomic E-state index is 0. The number of aromatic nitrogens is 2. The minimum Gasteiger partial charge on any atom is -0.508 e. The maximum atomic E-state index is 12.5. The van der Waals surface area contributed by atoms with E-state index >= 15 is 0 Å². The normalized spacial score (nSPS) is 10.3. The molecule has 154 valence electrons. The topological polar surface area (TPSA) is 93.6 Å². The molecular formula is C21H24ClN3O4. The fourth-order valence-corrected chi connectivity index (χ4v) is 2.87. The molecule has 0 aliphatic carbocycles. The number of ether oxygens (including phenoxy) is 2. The van der Waals surface area contributed by atoms with Crippen LogP contribution < -0.4 is 10.1 Å². The molecule has 0 bridgehead atoms. The van der Waals surface area contributed by atoms with Gasteiger partial charge in [0.2, 0.25) is 0 Å². The van der Waals surface area contributed by atoms with Crippen LogP contribution in [0, 0.1) is 13.8 Å². The van der Waals surface area contributed by atoms with Gasteiger partial charge in [0.1, 0.15) is 17.1 Å². The number of carbonyl (C=O) groups excluding carboxylic acids is 1. The number of phenolic OH excluding ortho intramolecular Hbond substituents is 1. The van der Waals surface area contributed by atoms with Crippen molar-refractivity contribution < 1.29 is 19.4 Å². The number of nitrogens with zero attached hydrogens (tertiary/aromatic N) is 2. The van der Waals surface area contributed by atoms with Gasteiger partial charge in [-0.25, -0.2) is 14.8 Å². The number of phenols is 1. The summed E-state index contributed by atoms with van der Waals surface area (Å²) in [4.78, 5) is 21.3. The highest BCUT2D eigenvalue weighted by molar-refractivity contribution is 6.05. The summed E-state index contributed by atoms with van der Waals surface area (Å²) in [6.45, 7) is 8.05. The summed E-state index contributed by atoms with van der Waals surface area (Å²) in [5.74, 6) is 0.350. The van der Waals surface area contributed by atoms with E-state index in [0.717, 1.165) is 5.69 Å². The van der Waals surface area contributed by atoms with Crippen LogP contribution in [-0.4, -0.2) is 34.3 Å². The molecule has 0 amide bonds. The van der Waals surface area contributed by atoms with Crippen LogP contribution in [0.3, 0.4) is 0 Å². The van der Waals surface area contributed by atoms with Crippen molar-refractivity contribution in [3.8, 4) is 11.5 Å². The lowest BCUT2D eigenvalue weighted by Crippen LogP contribution is -2.10. The molecule has 3 rings (SSSR count). The number of hydrogen-bond donors (Lipinski definition) is 2. The van der Waals surface area contributed by atoms with Crippen LogP contribution >= 0.6 is 12.4 Å². The number of fused-ring (bicyclic) bond motifs is 1. The molecule has 0 saturated carbocycles. The Labute approximate surface area is 175 Å². The molecule has 0 fully saturated rings. The molecule has 0 aliphatic heterocycles. The second-order valence-corrected chi connectivity index (χ2v) is 6.27. The summed E-state index contributed by atoms with van der Waals surface area (Å²) in [5, 5.41) is 13.7. The predicted molar refractivity (Wildman–Crippen MR) is 115 cm³/mol. The average molecular weight is 418 g/mol. The zero-order valence-corrected chi connectivity index (χ0v) is 17.6. The number of carbonyl (C=O) groups is 1. The zero-order valence-electron chi connectivity index (χ0n) is 16.8. The maximum Gasteiger partial charge on any atom is 0.341 e. The van der Waals surface area contributed by atoms with Crippen molar-refractivity contribution in [2.24, 2.45) is 0 Å². The highest BCUT2D eigenvalue weighted by Gasteiger charge is 2.19. The van der Waals surface area contributed by atoms with Crippen LogP contribution in [0.25, 0.3) is 11.0 Å². The van der Waals surface area contributed by atoms with Crippen molar-refractivity contribution in [2.75, 3.05) is 18.5 Å². The number of benzene rings is 1. The molecule has 0 atom stereocenters. The number of halogens is 1. The van der Waals surface area contributed by atoms with E-state index in [-0.39, 0.29) is 24.8 Å². The largest absolute Gasteiger partial charge is 0.508 e. The molecule has 2 aromatic heterocycles. The van der Waals surface area contributed by atoms with Crippen molar-refractivity contribution in [3.05, 3.63) is 47.3 Å². The van der Waals surface area contributed by atoms with Gasteiger partial charge in [-0.3, -0.25) is 0 Å². The number of aryl methyl sites for hydroxylation is 2. The molecule has 3 aromatic rings. The molecule has 29 heavy (non-hydrogen) atoms. The summed E-state index contributed by atoms with van der Waals surface area (Å²) in [7, 11) is 0. The molecule has 1 aromatic carbocycles. The number of pyridine rings is 2. The molecular weight excluding hydrogens is 394 g/mol. The molecule has 7 nitrogen and oxygen atoms in total. The standard InChI is InChI=1S/C21H23N3O4.ClH/c1-5-27-18-10-15-19(24-14-7-8-17(25)12(3)9-14)16(21(26)28-6-2)11-22-20(15)23-13(18)4;/h7-11,25H,5-6H2,1-4H3,(H,22,23,24);1H. The molecule has 0 aliphatic rings. The van der Waals surface area contributed by atoms with Gasteiger partial charge in [0.15, 0.2) is 5.65 Å². The third kappa shape index (κ3) is 4.68. The summed E-state index contributed by atoms with van der Waals surface area (Å²) < 4.78 is 10.9. The summed E-state index contributed by atoms with van der Waals surface area (Å²) >= 11 is 0. The van der Waals surface area contributed by atoms with Gasteiger partial charge >= 0.3 is 5.97 Å². The van der Waals surface area contributed by atoms with E-state index < -0.39 is 5.97 Å². The van der Waals surface area contributed by atoms with Crippen LogP contribution in [0.5, 0.6) is 11.5 Å². The van der Waals surface area contributed by atoms with E-state index in [1.165, 1.54) is 6.20 Å². The number of anilines is 2. The van der Waals surface area contributed by atoms with E-state index in [1.807, 2.05) is 19.9 Å². The Morgan fingerprint density at radius 2 is 1.93 bits per heavy atom. The molecule has 2 heterocycles. The fraction of sp³-hybridized carbons (Fsp3) is 0.286. The molecule has 8 heteroatoms. The highest BCUT2D eigenvalue weighted by atomic mass is 35.5. The van der Waals surface area contributed by atoms with Gasteiger partial charge in [-0.1, -0.05) is 0 Å². The lowest BCUT2D eigenvalue weighted by Gasteiger charge is -2.16. The zero-order chi connectivity index (χ0) is 20.3. The lowest BCUT2D eigenvalue weighted by molar-refractivity contribution is 0.0527. The molecule has 0 saturated heterocycles. The van der Waals surface area contributed by atoms with Crippen molar-refractivity contribution in [1.82, 2.24) is 9.97 Å². The number of hydrogen-bond acceptors (Lipinski definition) is 7. The van der Waals surface area contributed by atoms with E-state index in [1.54, 1.807) is 32.0 Å². The first kappa shape index (κ1) is 22.2. The van der Waals surface area contributed by atoms with Crippen molar-refractivity contribution in [3.63, 3.8) is 0 Å². The number of aromatic hydroxyl groups is 1. The number of nitrogens with one attached hydrogen (secondary N) is 1. The third-order valence-electron chi connectivity index (χ3n) is 4.26. The van der Waals surface area contributed by atoms with E-state index in [2.05, 4.69) is 15.3 Å². The van der Waals surface area contributed by atoms with Crippen molar-refractivity contribution >= 4 is 40.8 Å².